The van der Waals surface area contributed by atoms with Crippen molar-refractivity contribution in [2.24, 2.45) is 5.92 Å². The van der Waals surface area contributed by atoms with E-state index in [4.69, 9.17) is 23.1 Å². The van der Waals surface area contributed by atoms with Gasteiger partial charge < -0.3 is 23.1 Å². The highest BCUT2D eigenvalue weighted by molar-refractivity contribution is 6.74. The fourth-order valence-electron chi connectivity index (χ4n) is 6.10. The molecular formula is C42H70O6Si2. The topological polar surface area (TPSA) is 63.2 Å². The van der Waals surface area contributed by atoms with Crippen LogP contribution in [0.3, 0.4) is 0 Å². The van der Waals surface area contributed by atoms with Crippen LogP contribution in [-0.4, -0.2) is 65.8 Å². The minimum Gasteiger partial charge on any atom is -0.456 e. The highest BCUT2D eigenvalue weighted by Crippen LogP contribution is 2.40. The highest BCUT2D eigenvalue weighted by Gasteiger charge is 2.41. The van der Waals surface area contributed by atoms with Crippen molar-refractivity contribution in [2.45, 2.75) is 173 Å². The number of fused-ring (bicyclic) bond motifs is 2. The van der Waals surface area contributed by atoms with Gasteiger partial charge >= 0.3 is 5.97 Å². The second kappa shape index (κ2) is 18.3. The average molecular weight is 727 g/mol. The molecular weight excluding hydrogens is 657 g/mol. The Labute approximate surface area is 307 Å². The molecule has 0 fully saturated rings. The summed E-state index contributed by atoms with van der Waals surface area (Å²) in [7, 11) is -4.36. The van der Waals surface area contributed by atoms with Gasteiger partial charge in [0.15, 0.2) is 16.6 Å². The molecule has 0 aromatic heterocycles. The van der Waals surface area contributed by atoms with Gasteiger partial charge in [-0.3, -0.25) is 0 Å². The monoisotopic (exact) mass is 726 g/mol. The Bertz CT molecular complexity index is 1280. The fraction of sp³-hybridized carbons (Fsp3) is 0.690. The first-order valence-corrected chi connectivity index (χ1v) is 24.8. The van der Waals surface area contributed by atoms with E-state index in [1.165, 1.54) is 11.1 Å². The summed E-state index contributed by atoms with van der Waals surface area (Å²) in [6.07, 6.45) is 22.9. The molecule has 2 bridgehead atoms. The van der Waals surface area contributed by atoms with E-state index >= 15 is 0 Å². The number of esters is 1. The lowest BCUT2D eigenvalue weighted by Crippen LogP contribution is -2.47. The van der Waals surface area contributed by atoms with Crippen LogP contribution in [0.4, 0.5) is 0 Å². The minimum absolute atomic E-state index is 0.0278. The van der Waals surface area contributed by atoms with Gasteiger partial charge in [-0.15, -0.1) is 0 Å². The van der Waals surface area contributed by atoms with Crippen molar-refractivity contribution in [3.63, 3.8) is 0 Å². The Morgan fingerprint density at radius 1 is 0.920 bits per heavy atom. The first-order valence-electron chi connectivity index (χ1n) is 19.0. The van der Waals surface area contributed by atoms with Crippen molar-refractivity contribution in [1.82, 2.24) is 0 Å². The van der Waals surface area contributed by atoms with E-state index in [9.17, 15) is 4.79 Å². The van der Waals surface area contributed by atoms with Crippen LogP contribution >= 0.6 is 0 Å². The zero-order valence-corrected chi connectivity index (χ0v) is 35.6. The van der Waals surface area contributed by atoms with Gasteiger partial charge in [0.1, 0.15) is 12.2 Å². The van der Waals surface area contributed by atoms with Crippen LogP contribution in [0.25, 0.3) is 0 Å². The first-order chi connectivity index (χ1) is 23.1. The van der Waals surface area contributed by atoms with Gasteiger partial charge in [-0.25, -0.2) is 4.79 Å². The average Bonchev–Trinajstić information content (AvgIpc) is 2.97. The van der Waals surface area contributed by atoms with Gasteiger partial charge in [-0.2, -0.15) is 0 Å². The van der Waals surface area contributed by atoms with Crippen LogP contribution in [0.5, 0.6) is 0 Å². The first kappa shape index (κ1) is 42.6. The van der Waals surface area contributed by atoms with Crippen LogP contribution in [0.1, 0.15) is 100 Å². The fourth-order valence-corrected chi connectivity index (χ4v) is 8.64. The van der Waals surface area contributed by atoms with E-state index in [1.54, 1.807) is 6.08 Å². The lowest BCUT2D eigenvalue weighted by molar-refractivity contribution is -0.146. The molecule has 0 aliphatic carbocycles. The molecule has 0 aromatic carbocycles. The summed E-state index contributed by atoms with van der Waals surface area (Å²) in [5.41, 5.74) is 2.51. The number of ether oxygens (including phenoxy) is 3. The second-order valence-corrected chi connectivity index (χ2v) is 27.5. The molecule has 3 rings (SSSR count). The van der Waals surface area contributed by atoms with E-state index in [2.05, 4.69) is 131 Å². The summed E-state index contributed by atoms with van der Waals surface area (Å²) in [4.78, 5) is 13.5. The van der Waals surface area contributed by atoms with Crippen LogP contribution in [0, 0.1) is 5.92 Å². The van der Waals surface area contributed by atoms with E-state index < -0.39 is 28.8 Å². The lowest BCUT2D eigenvalue weighted by atomic mass is 9.91. The number of rotatable bonds is 7. The van der Waals surface area contributed by atoms with Crippen molar-refractivity contribution in [2.75, 3.05) is 6.61 Å². The van der Waals surface area contributed by atoms with Crippen LogP contribution in [0.2, 0.25) is 36.3 Å². The summed E-state index contributed by atoms with van der Waals surface area (Å²) >= 11 is 0. The summed E-state index contributed by atoms with van der Waals surface area (Å²) in [6.45, 7) is 32.2. The summed E-state index contributed by atoms with van der Waals surface area (Å²) in [6, 6.07) is 0. The van der Waals surface area contributed by atoms with Gasteiger partial charge in [-0.1, -0.05) is 115 Å². The number of carbonyl (C=O) groups is 1. The number of carbonyl (C=O) groups excluding carboxylic acids is 1. The zero-order valence-electron chi connectivity index (χ0n) is 33.6. The van der Waals surface area contributed by atoms with E-state index in [-0.39, 0.29) is 40.5 Å². The molecule has 3 aliphatic rings. The second-order valence-electron chi connectivity index (χ2n) is 18.0. The van der Waals surface area contributed by atoms with Gasteiger partial charge in [0.05, 0.1) is 31.0 Å². The van der Waals surface area contributed by atoms with E-state index in [0.717, 1.165) is 32.1 Å². The molecule has 0 aromatic rings. The smallest absolute Gasteiger partial charge is 0.330 e. The molecule has 282 valence electrons. The maximum absolute atomic E-state index is 13.5. The lowest BCUT2D eigenvalue weighted by Gasteiger charge is -2.40. The molecule has 6 nitrogen and oxygen atoms in total. The van der Waals surface area contributed by atoms with Crippen LogP contribution < -0.4 is 0 Å². The number of cyclic esters (lactones) is 1. The van der Waals surface area contributed by atoms with E-state index in [1.807, 2.05) is 6.08 Å². The molecule has 3 heterocycles. The molecule has 50 heavy (non-hydrogen) atoms. The zero-order chi connectivity index (χ0) is 37.3. The molecule has 0 unspecified atom stereocenters. The van der Waals surface area contributed by atoms with Crippen molar-refractivity contribution in [3.8, 4) is 0 Å². The Hall–Kier alpha value is -1.82. The van der Waals surface area contributed by atoms with Gasteiger partial charge in [0, 0.05) is 12.5 Å². The highest BCUT2D eigenvalue weighted by atomic mass is 28.4. The molecule has 3 aliphatic heterocycles. The summed E-state index contributed by atoms with van der Waals surface area (Å²) in [5.74, 6) is 0.0697. The van der Waals surface area contributed by atoms with Gasteiger partial charge in [0.2, 0.25) is 0 Å². The van der Waals surface area contributed by atoms with Gasteiger partial charge in [-0.05, 0) is 87.6 Å². The molecule has 7 atom stereocenters. The van der Waals surface area contributed by atoms with Crippen molar-refractivity contribution >= 4 is 22.6 Å². The summed E-state index contributed by atoms with van der Waals surface area (Å²) < 4.78 is 32.9. The quantitative estimate of drug-likeness (QED) is 0.148. The third kappa shape index (κ3) is 13.6. The normalized spacial score (nSPS) is 30.6. The Morgan fingerprint density at radius 2 is 1.60 bits per heavy atom. The maximum Gasteiger partial charge on any atom is 0.330 e. The van der Waals surface area contributed by atoms with E-state index in [0.29, 0.717) is 25.4 Å². The van der Waals surface area contributed by atoms with Crippen molar-refractivity contribution in [3.05, 3.63) is 72.4 Å². The molecule has 0 radical (unpaired) electrons. The predicted octanol–water partition coefficient (Wildman–Crippen LogP) is 11.0. The number of hydrogen-bond acceptors (Lipinski definition) is 6. The largest absolute Gasteiger partial charge is 0.456 e. The predicted molar refractivity (Wildman–Crippen MR) is 213 cm³/mol. The standard InChI is InChI=1S/C42H70O6Si2/c1-31-25-26-44-35(28-31)23-24-39(48-50(12,13)42(7,8)9)38-21-15-20-37(47-49(10,11)41(4,5)6)30-33(3)27-32(2)29-36-19-14-17-34(45-36)18-16-22-40(43)46-38/h14-17,20,22-25,32,34-39H,3,18-19,21,26-30H2,1-2,4-13H3/b20-15+,22-16-,24-23+/t32-,34-,35+,36-,37-,38-,39+/m0/s1. The van der Waals surface area contributed by atoms with Crippen LogP contribution in [0.15, 0.2) is 72.4 Å². The SMILES string of the molecule is C=C1C[C@H](C)C[C@@H]2CC=C[C@@H](C/C=C\C(=O)O[C@H]([C@@H](/C=C/[C@@H]3CC(C)=CCO3)O[Si](C)(C)C(C)(C)C)C/C=C/[C@H](O[Si](C)(C)C(C)(C)C)C1)O2. The van der Waals surface area contributed by atoms with Gasteiger partial charge in [0.25, 0.3) is 0 Å². The molecule has 0 saturated heterocycles. The maximum atomic E-state index is 13.5. The Kier molecular flexibility index (Phi) is 15.6. The van der Waals surface area contributed by atoms with Crippen molar-refractivity contribution in [1.29, 1.82) is 0 Å². The molecule has 8 heteroatoms. The molecule has 0 spiro atoms. The minimum atomic E-state index is -2.27. The third-order valence-corrected chi connectivity index (χ3v) is 20.1. The Morgan fingerprint density at radius 3 is 2.26 bits per heavy atom. The third-order valence-electron chi connectivity index (χ3n) is 11.2. The van der Waals surface area contributed by atoms with Crippen molar-refractivity contribution < 1.29 is 27.9 Å². The number of hydrogen-bond donors (Lipinski definition) is 0. The van der Waals surface area contributed by atoms with Crippen LogP contribution in [-0.2, 0) is 27.9 Å². The molecule has 0 saturated carbocycles. The summed E-state index contributed by atoms with van der Waals surface area (Å²) in [5, 5.41) is 0.0376. The molecule has 0 N–H and O–H groups in total. The Balaban J connectivity index is 2.02. The molecule has 0 amide bonds.